The summed E-state index contributed by atoms with van der Waals surface area (Å²) in [6.07, 6.45) is 6.48. The van der Waals surface area contributed by atoms with Crippen molar-refractivity contribution in [3.63, 3.8) is 0 Å². The molecule has 0 unspecified atom stereocenters. The molecule has 4 heteroatoms. The Morgan fingerprint density at radius 2 is 2.06 bits per heavy atom. The molecule has 1 aliphatic heterocycles. The molecule has 1 aromatic rings. The van der Waals surface area contributed by atoms with Gasteiger partial charge in [-0.15, -0.1) is 11.3 Å². The fourth-order valence-corrected chi connectivity index (χ4v) is 3.00. The SMILES string of the molecule is O=C(NCCCN1CCCCCC1)c1cccs1. The lowest BCUT2D eigenvalue weighted by molar-refractivity contribution is 0.0955. The Kier molecular flexibility index (Phi) is 5.68. The summed E-state index contributed by atoms with van der Waals surface area (Å²) in [5, 5.41) is 4.92. The lowest BCUT2D eigenvalue weighted by Crippen LogP contribution is -2.30. The number of carbonyl (C=O) groups excluding carboxylic acids is 1. The molecule has 3 nitrogen and oxygen atoms in total. The van der Waals surface area contributed by atoms with E-state index in [1.54, 1.807) is 0 Å². The van der Waals surface area contributed by atoms with Crippen LogP contribution in [-0.2, 0) is 0 Å². The molecule has 1 fully saturated rings. The molecule has 0 saturated carbocycles. The lowest BCUT2D eigenvalue weighted by atomic mass is 10.2. The number of amides is 1. The Bertz CT molecular complexity index is 343. The topological polar surface area (TPSA) is 32.3 Å². The van der Waals surface area contributed by atoms with E-state index in [1.807, 2.05) is 17.5 Å². The van der Waals surface area contributed by atoms with Crippen LogP contribution in [0.5, 0.6) is 0 Å². The van der Waals surface area contributed by atoms with E-state index >= 15 is 0 Å². The van der Waals surface area contributed by atoms with E-state index in [0.29, 0.717) is 0 Å². The van der Waals surface area contributed by atoms with Gasteiger partial charge in [-0.1, -0.05) is 18.9 Å². The van der Waals surface area contributed by atoms with Crippen molar-refractivity contribution in [2.45, 2.75) is 32.1 Å². The van der Waals surface area contributed by atoms with Gasteiger partial charge in [0, 0.05) is 6.54 Å². The summed E-state index contributed by atoms with van der Waals surface area (Å²) >= 11 is 1.50. The first kappa shape index (κ1) is 13.6. The van der Waals surface area contributed by atoms with Gasteiger partial charge in [0.25, 0.3) is 5.91 Å². The van der Waals surface area contributed by atoms with Crippen LogP contribution in [0.1, 0.15) is 41.8 Å². The molecular formula is C14H22N2OS. The highest BCUT2D eigenvalue weighted by Gasteiger charge is 2.09. The average Bonchev–Trinajstić information content (AvgIpc) is 2.80. The molecule has 0 atom stereocenters. The molecule has 100 valence electrons. The number of thiophene rings is 1. The molecule has 0 aromatic carbocycles. The van der Waals surface area contributed by atoms with Crippen molar-refractivity contribution in [1.29, 1.82) is 0 Å². The van der Waals surface area contributed by atoms with Crippen LogP contribution < -0.4 is 5.32 Å². The van der Waals surface area contributed by atoms with Gasteiger partial charge in [0.1, 0.15) is 0 Å². The Morgan fingerprint density at radius 1 is 1.28 bits per heavy atom. The molecule has 0 radical (unpaired) electrons. The fraction of sp³-hybridized carbons (Fsp3) is 0.643. The molecule has 0 spiro atoms. The highest BCUT2D eigenvalue weighted by Crippen LogP contribution is 2.10. The predicted molar refractivity (Wildman–Crippen MR) is 76.2 cm³/mol. The standard InChI is InChI=1S/C14H22N2OS/c17-14(13-7-5-12-18-13)15-8-6-11-16-9-3-1-2-4-10-16/h5,7,12H,1-4,6,8-11H2,(H,15,17). The van der Waals surface area contributed by atoms with Crippen LogP contribution in [0.15, 0.2) is 17.5 Å². The molecule has 1 aromatic heterocycles. The van der Waals surface area contributed by atoms with Crippen LogP contribution in [-0.4, -0.2) is 37.0 Å². The van der Waals surface area contributed by atoms with E-state index in [1.165, 1.54) is 50.1 Å². The Labute approximate surface area is 113 Å². The number of nitrogens with zero attached hydrogens (tertiary/aromatic N) is 1. The van der Waals surface area contributed by atoms with Gasteiger partial charge < -0.3 is 10.2 Å². The second-order valence-electron chi connectivity index (χ2n) is 4.84. The quantitative estimate of drug-likeness (QED) is 0.831. The highest BCUT2D eigenvalue weighted by atomic mass is 32.1. The van der Waals surface area contributed by atoms with Crippen LogP contribution in [0.2, 0.25) is 0 Å². The summed E-state index contributed by atoms with van der Waals surface area (Å²) in [6.45, 7) is 4.37. The van der Waals surface area contributed by atoms with Crippen molar-refractivity contribution in [1.82, 2.24) is 10.2 Å². The fourth-order valence-electron chi connectivity index (χ4n) is 2.36. The molecule has 0 aliphatic carbocycles. The van der Waals surface area contributed by atoms with Gasteiger partial charge >= 0.3 is 0 Å². The minimum Gasteiger partial charge on any atom is -0.351 e. The molecule has 18 heavy (non-hydrogen) atoms. The third kappa shape index (κ3) is 4.42. The average molecular weight is 266 g/mol. The monoisotopic (exact) mass is 266 g/mol. The minimum atomic E-state index is 0.0702. The zero-order valence-electron chi connectivity index (χ0n) is 10.9. The molecule has 1 saturated heterocycles. The second kappa shape index (κ2) is 7.54. The number of hydrogen-bond acceptors (Lipinski definition) is 3. The summed E-state index contributed by atoms with van der Waals surface area (Å²) in [5.74, 6) is 0.0702. The first-order valence-electron chi connectivity index (χ1n) is 6.90. The largest absolute Gasteiger partial charge is 0.351 e. The summed E-state index contributed by atoms with van der Waals surface area (Å²) < 4.78 is 0. The summed E-state index contributed by atoms with van der Waals surface area (Å²) in [4.78, 5) is 15.0. The smallest absolute Gasteiger partial charge is 0.261 e. The predicted octanol–water partition coefficient (Wildman–Crippen LogP) is 2.74. The van der Waals surface area contributed by atoms with Crippen LogP contribution in [0.4, 0.5) is 0 Å². The summed E-state index contributed by atoms with van der Waals surface area (Å²) in [5.41, 5.74) is 0. The molecule has 0 bridgehead atoms. The van der Waals surface area contributed by atoms with Gasteiger partial charge in [-0.2, -0.15) is 0 Å². The number of hydrogen-bond donors (Lipinski definition) is 1. The molecule has 1 aliphatic rings. The van der Waals surface area contributed by atoms with E-state index in [9.17, 15) is 4.79 Å². The Balaban J connectivity index is 1.59. The number of likely N-dealkylation sites (tertiary alicyclic amines) is 1. The maximum atomic E-state index is 11.7. The molecule has 2 heterocycles. The van der Waals surface area contributed by atoms with Gasteiger partial charge in [0.15, 0.2) is 0 Å². The van der Waals surface area contributed by atoms with E-state index in [4.69, 9.17) is 0 Å². The van der Waals surface area contributed by atoms with Crippen molar-refractivity contribution in [3.8, 4) is 0 Å². The van der Waals surface area contributed by atoms with Crippen molar-refractivity contribution >= 4 is 17.2 Å². The van der Waals surface area contributed by atoms with Crippen molar-refractivity contribution < 1.29 is 4.79 Å². The van der Waals surface area contributed by atoms with Gasteiger partial charge in [0.05, 0.1) is 4.88 Å². The molecular weight excluding hydrogens is 244 g/mol. The first-order chi connectivity index (χ1) is 8.86. The zero-order valence-corrected chi connectivity index (χ0v) is 11.7. The normalized spacial score (nSPS) is 17.3. The van der Waals surface area contributed by atoms with Gasteiger partial charge in [0.2, 0.25) is 0 Å². The van der Waals surface area contributed by atoms with Crippen molar-refractivity contribution in [3.05, 3.63) is 22.4 Å². The second-order valence-corrected chi connectivity index (χ2v) is 5.79. The van der Waals surface area contributed by atoms with Crippen LogP contribution in [0, 0.1) is 0 Å². The Morgan fingerprint density at radius 3 is 2.72 bits per heavy atom. The lowest BCUT2D eigenvalue weighted by Gasteiger charge is -2.19. The number of carbonyl (C=O) groups is 1. The van der Waals surface area contributed by atoms with Gasteiger partial charge in [-0.3, -0.25) is 4.79 Å². The minimum absolute atomic E-state index is 0.0702. The highest BCUT2D eigenvalue weighted by molar-refractivity contribution is 7.12. The number of nitrogens with one attached hydrogen (secondary N) is 1. The molecule has 1 N–H and O–H groups in total. The summed E-state index contributed by atoms with van der Waals surface area (Å²) in [7, 11) is 0. The summed E-state index contributed by atoms with van der Waals surface area (Å²) in [6, 6.07) is 3.78. The van der Waals surface area contributed by atoms with E-state index in [2.05, 4.69) is 10.2 Å². The zero-order chi connectivity index (χ0) is 12.6. The third-order valence-corrected chi connectivity index (χ3v) is 4.25. The third-order valence-electron chi connectivity index (χ3n) is 3.38. The van der Waals surface area contributed by atoms with E-state index < -0.39 is 0 Å². The molecule has 1 amide bonds. The van der Waals surface area contributed by atoms with Crippen molar-refractivity contribution in [2.24, 2.45) is 0 Å². The maximum Gasteiger partial charge on any atom is 0.261 e. The maximum absolute atomic E-state index is 11.7. The van der Waals surface area contributed by atoms with Crippen LogP contribution >= 0.6 is 11.3 Å². The van der Waals surface area contributed by atoms with E-state index in [0.717, 1.165) is 24.4 Å². The van der Waals surface area contributed by atoms with Gasteiger partial charge in [-0.25, -0.2) is 0 Å². The van der Waals surface area contributed by atoms with Crippen LogP contribution in [0.25, 0.3) is 0 Å². The van der Waals surface area contributed by atoms with E-state index in [-0.39, 0.29) is 5.91 Å². The molecule has 2 rings (SSSR count). The first-order valence-corrected chi connectivity index (χ1v) is 7.78. The van der Waals surface area contributed by atoms with Crippen LogP contribution in [0.3, 0.4) is 0 Å². The van der Waals surface area contributed by atoms with Gasteiger partial charge in [-0.05, 0) is 50.3 Å². The number of rotatable bonds is 5. The Hall–Kier alpha value is -0.870. The van der Waals surface area contributed by atoms with Crippen molar-refractivity contribution in [2.75, 3.05) is 26.2 Å².